The number of aliphatic imine (C=N–C) groups is 1. The summed E-state index contributed by atoms with van der Waals surface area (Å²) in [6.45, 7) is 13.3. The molecule has 6 nitrogen and oxygen atoms in total. The summed E-state index contributed by atoms with van der Waals surface area (Å²) in [6.07, 6.45) is -0.425. The molecule has 1 amide bonds. The fourth-order valence-electron chi connectivity index (χ4n) is 2.02. The van der Waals surface area contributed by atoms with Crippen molar-refractivity contribution in [2.75, 3.05) is 13.1 Å². The van der Waals surface area contributed by atoms with Crippen LogP contribution in [0.1, 0.15) is 47.1 Å². The summed E-state index contributed by atoms with van der Waals surface area (Å²) in [5.41, 5.74) is 0.149. The minimum absolute atomic E-state index is 0.425. The molecule has 0 spiro atoms. The molecule has 25 heavy (non-hydrogen) atoms. The van der Waals surface area contributed by atoms with E-state index in [0.717, 1.165) is 12.1 Å². The normalized spacial score (nSPS) is 12.5. The molecular formula is C19H32N4O2. The van der Waals surface area contributed by atoms with E-state index in [1.807, 2.05) is 71.9 Å². The Morgan fingerprint density at radius 2 is 1.72 bits per heavy atom. The molecule has 1 aromatic carbocycles. The smallest absolute Gasteiger partial charge is 0.408 e. The molecule has 0 radical (unpaired) electrons. The van der Waals surface area contributed by atoms with Crippen LogP contribution in [0, 0.1) is 0 Å². The number of alkyl carbamates (subject to hydrolysis) is 1. The zero-order valence-corrected chi connectivity index (χ0v) is 16.3. The Hall–Kier alpha value is -2.24. The van der Waals surface area contributed by atoms with Crippen LogP contribution >= 0.6 is 0 Å². The van der Waals surface area contributed by atoms with Crippen molar-refractivity contribution in [1.29, 1.82) is 0 Å². The van der Waals surface area contributed by atoms with E-state index in [1.54, 1.807) is 0 Å². The highest BCUT2D eigenvalue weighted by atomic mass is 16.6. The van der Waals surface area contributed by atoms with Crippen molar-refractivity contribution in [3.63, 3.8) is 0 Å². The number of benzene rings is 1. The number of carbonyl (C=O) groups excluding carboxylic acids is 1. The van der Waals surface area contributed by atoms with Crippen LogP contribution in [0.25, 0.3) is 0 Å². The molecule has 140 valence electrons. The van der Waals surface area contributed by atoms with Crippen LogP contribution in [-0.4, -0.2) is 36.3 Å². The third kappa shape index (κ3) is 9.59. The van der Waals surface area contributed by atoms with Gasteiger partial charge in [-0.3, -0.25) is 0 Å². The summed E-state index contributed by atoms with van der Waals surface area (Å²) in [7, 11) is 0. The molecule has 0 fully saturated rings. The lowest BCUT2D eigenvalue weighted by molar-refractivity contribution is 0.0474. The number of amides is 1. The standard InChI is InChI=1S/C19H32N4O2/c1-7-20-16(21-13-15-11-9-8-10-12-15)22-14-19(5,6)23-17(24)25-18(2,3)4/h8-12H,7,13-14H2,1-6H3,(H,23,24)(H2,20,21,22). The second-order valence-electron chi connectivity index (χ2n) is 7.55. The molecule has 1 aromatic rings. The monoisotopic (exact) mass is 348 g/mol. The van der Waals surface area contributed by atoms with E-state index in [-0.39, 0.29) is 0 Å². The minimum atomic E-state index is -0.514. The van der Waals surface area contributed by atoms with Gasteiger partial charge in [-0.1, -0.05) is 30.3 Å². The summed E-state index contributed by atoms with van der Waals surface area (Å²) in [5.74, 6) is 0.713. The third-order valence-corrected chi connectivity index (χ3v) is 3.14. The van der Waals surface area contributed by atoms with Gasteiger partial charge in [0.05, 0.1) is 12.1 Å². The predicted octanol–water partition coefficient (Wildman–Crippen LogP) is 3.05. The number of rotatable bonds is 6. The molecule has 0 aliphatic heterocycles. The second kappa shape index (κ2) is 9.30. The molecule has 0 unspecified atom stereocenters. The SMILES string of the molecule is CCNC(=NCc1ccccc1)NCC(C)(C)NC(=O)OC(C)(C)C. The lowest BCUT2D eigenvalue weighted by Crippen LogP contribution is -2.54. The van der Waals surface area contributed by atoms with E-state index in [9.17, 15) is 4.79 Å². The molecule has 0 saturated heterocycles. The molecule has 0 heterocycles. The Balaban J connectivity index is 2.58. The summed E-state index contributed by atoms with van der Waals surface area (Å²) >= 11 is 0. The van der Waals surface area contributed by atoms with Crippen LogP contribution in [0.15, 0.2) is 35.3 Å². The lowest BCUT2D eigenvalue weighted by atomic mass is 10.1. The van der Waals surface area contributed by atoms with Gasteiger partial charge >= 0.3 is 6.09 Å². The van der Waals surface area contributed by atoms with Gasteiger partial charge in [-0.2, -0.15) is 0 Å². The molecule has 0 aromatic heterocycles. The van der Waals surface area contributed by atoms with E-state index in [0.29, 0.717) is 19.0 Å². The minimum Gasteiger partial charge on any atom is -0.444 e. The van der Waals surface area contributed by atoms with Crippen molar-refractivity contribution in [1.82, 2.24) is 16.0 Å². The van der Waals surface area contributed by atoms with Gasteiger partial charge in [0.15, 0.2) is 5.96 Å². The molecule has 6 heteroatoms. The first-order valence-electron chi connectivity index (χ1n) is 8.68. The van der Waals surface area contributed by atoms with Gasteiger partial charge in [-0.15, -0.1) is 0 Å². The molecule has 0 bridgehead atoms. The average Bonchev–Trinajstić information content (AvgIpc) is 2.48. The highest BCUT2D eigenvalue weighted by Gasteiger charge is 2.24. The van der Waals surface area contributed by atoms with Crippen LogP contribution in [0.3, 0.4) is 0 Å². The van der Waals surface area contributed by atoms with Gasteiger partial charge in [0.1, 0.15) is 5.60 Å². The Morgan fingerprint density at radius 1 is 1.08 bits per heavy atom. The van der Waals surface area contributed by atoms with Crippen molar-refractivity contribution >= 4 is 12.1 Å². The molecular weight excluding hydrogens is 316 g/mol. The van der Waals surface area contributed by atoms with Gasteiger partial charge in [0.2, 0.25) is 0 Å². The Labute approximate surface area is 151 Å². The van der Waals surface area contributed by atoms with Gasteiger partial charge in [-0.25, -0.2) is 9.79 Å². The van der Waals surface area contributed by atoms with Crippen LogP contribution in [-0.2, 0) is 11.3 Å². The zero-order valence-electron chi connectivity index (χ0n) is 16.3. The number of nitrogens with one attached hydrogen (secondary N) is 3. The van der Waals surface area contributed by atoms with Gasteiger partial charge in [0.25, 0.3) is 0 Å². The first-order chi connectivity index (χ1) is 11.6. The summed E-state index contributed by atoms with van der Waals surface area (Å²) in [5, 5.41) is 9.36. The van der Waals surface area contributed by atoms with Crippen molar-refractivity contribution in [2.24, 2.45) is 4.99 Å². The number of guanidine groups is 1. The number of carbonyl (C=O) groups is 1. The fraction of sp³-hybridized carbons (Fsp3) is 0.579. The van der Waals surface area contributed by atoms with E-state index >= 15 is 0 Å². The number of hydrogen-bond acceptors (Lipinski definition) is 3. The molecule has 3 N–H and O–H groups in total. The maximum Gasteiger partial charge on any atom is 0.408 e. The predicted molar refractivity (Wildman–Crippen MR) is 103 cm³/mol. The van der Waals surface area contributed by atoms with Crippen LogP contribution in [0.5, 0.6) is 0 Å². The first-order valence-corrected chi connectivity index (χ1v) is 8.68. The molecule has 0 aliphatic rings. The number of nitrogens with zero attached hydrogens (tertiary/aromatic N) is 1. The summed E-state index contributed by atoms with van der Waals surface area (Å²) < 4.78 is 5.31. The Kier molecular flexibility index (Phi) is 7.74. The first kappa shape index (κ1) is 20.8. The van der Waals surface area contributed by atoms with Crippen molar-refractivity contribution in [3.05, 3.63) is 35.9 Å². The molecule has 0 saturated carbocycles. The van der Waals surface area contributed by atoms with Gasteiger partial charge in [-0.05, 0) is 47.1 Å². The molecule has 0 atom stereocenters. The molecule has 1 rings (SSSR count). The third-order valence-electron chi connectivity index (χ3n) is 3.14. The van der Waals surface area contributed by atoms with Gasteiger partial charge < -0.3 is 20.7 Å². The second-order valence-corrected chi connectivity index (χ2v) is 7.55. The van der Waals surface area contributed by atoms with E-state index in [2.05, 4.69) is 20.9 Å². The van der Waals surface area contributed by atoms with Crippen molar-refractivity contribution in [2.45, 2.75) is 59.2 Å². The highest BCUT2D eigenvalue weighted by molar-refractivity contribution is 5.80. The molecule has 0 aliphatic carbocycles. The van der Waals surface area contributed by atoms with E-state index in [1.165, 1.54) is 0 Å². The van der Waals surface area contributed by atoms with Crippen molar-refractivity contribution < 1.29 is 9.53 Å². The maximum absolute atomic E-state index is 11.9. The number of ether oxygens (including phenoxy) is 1. The van der Waals surface area contributed by atoms with Crippen LogP contribution in [0.4, 0.5) is 4.79 Å². The summed E-state index contributed by atoms with van der Waals surface area (Å²) in [6, 6.07) is 10.1. The zero-order chi connectivity index (χ0) is 18.9. The topological polar surface area (TPSA) is 74.8 Å². The largest absolute Gasteiger partial charge is 0.444 e. The van der Waals surface area contributed by atoms with E-state index in [4.69, 9.17) is 4.74 Å². The van der Waals surface area contributed by atoms with Crippen LogP contribution in [0.2, 0.25) is 0 Å². The maximum atomic E-state index is 11.9. The quantitative estimate of drug-likeness (QED) is 0.546. The van der Waals surface area contributed by atoms with Crippen LogP contribution < -0.4 is 16.0 Å². The fourth-order valence-corrected chi connectivity index (χ4v) is 2.02. The van der Waals surface area contributed by atoms with E-state index < -0.39 is 17.2 Å². The van der Waals surface area contributed by atoms with Gasteiger partial charge in [0, 0.05) is 13.1 Å². The average molecular weight is 348 g/mol. The summed E-state index contributed by atoms with van der Waals surface area (Å²) in [4.78, 5) is 16.5. The number of hydrogen-bond donors (Lipinski definition) is 3. The lowest BCUT2D eigenvalue weighted by Gasteiger charge is -2.29. The highest BCUT2D eigenvalue weighted by Crippen LogP contribution is 2.09. The Bertz CT molecular complexity index is 563. The van der Waals surface area contributed by atoms with Crippen molar-refractivity contribution in [3.8, 4) is 0 Å². The Morgan fingerprint density at radius 3 is 2.28 bits per heavy atom.